The zero-order chi connectivity index (χ0) is 7.40. The molecule has 0 heterocycles. The van der Waals surface area contributed by atoms with Gasteiger partial charge in [-0.05, 0) is 32.2 Å². The average molecular weight is 138 g/mol. The van der Waals surface area contributed by atoms with Crippen LogP contribution in [0.4, 0.5) is 0 Å². The van der Waals surface area contributed by atoms with E-state index in [0.717, 1.165) is 19.0 Å². The molecule has 0 aromatic carbocycles. The molecule has 0 amide bonds. The zero-order valence-corrected chi connectivity index (χ0v) is 6.43. The van der Waals surface area contributed by atoms with Crippen LogP contribution >= 0.6 is 0 Å². The molecule has 1 aliphatic rings. The maximum Gasteiger partial charge on any atom is 0.0666 e. The van der Waals surface area contributed by atoms with Crippen LogP contribution in [0.1, 0.15) is 19.8 Å². The summed E-state index contributed by atoms with van der Waals surface area (Å²) in [4.78, 5) is 0. The van der Waals surface area contributed by atoms with E-state index >= 15 is 0 Å². The lowest BCUT2D eigenvalue weighted by Crippen LogP contribution is -2.22. The molecule has 0 aromatic rings. The lowest BCUT2D eigenvalue weighted by atomic mass is 10.2. The van der Waals surface area contributed by atoms with Gasteiger partial charge in [-0.2, -0.15) is 5.26 Å². The quantitative estimate of drug-likeness (QED) is 0.632. The third-order valence-corrected chi connectivity index (χ3v) is 1.80. The molecule has 1 unspecified atom stereocenters. The van der Waals surface area contributed by atoms with E-state index in [1.165, 1.54) is 12.8 Å². The third-order valence-electron chi connectivity index (χ3n) is 1.80. The first kappa shape index (κ1) is 7.56. The van der Waals surface area contributed by atoms with Gasteiger partial charge < -0.3 is 5.32 Å². The van der Waals surface area contributed by atoms with Crippen LogP contribution in [-0.2, 0) is 0 Å². The number of nitrogens with zero attached hydrogens (tertiary/aromatic N) is 1. The van der Waals surface area contributed by atoms with Gasteiger partial charge in [0.2, 0.25) is 0 Å². The summed E-state index contributed by atoms with van der Waals surface area (Å²) in [6.07, 6.45) is 2.77. The molecule has 2 heteroatoms. The van der Waals surface area contributed by atoms with E-state index in [4.69, 9.17) is 5.26 Å². The molecule has 1 rings (SSSR count). The summed E-state index contributed by atoms with van der Waals surface area (Å²) in [6.45, 7) is 3.92. The summed E-state index contributed by atoms with van der Waals surface area (Å²) in [5.74, 6) is 1.09. The van der Waals surface area contributed by atoms with Gasteiger partial charge in [-0.1, -0.05) is 0 Å². The van der Waals surface area contributed by atoms with E-state index in [0.29, 0.717) is 0 Å². The molecule has 10 heavy (non-hydrogen) atoms. The van der Waals surface area contributed by atoms with Crippen LogP contribution in [0.25, 0.3) is 0 Å². The lowest BCUT2D eigenvalue weighted by molar-refractivity contribution is 0.576. The molecule has 1 aliphatic carbocycles. The number of rotatable bonds is 4. The van der Waals surface area contributed by atoms with E-state index < -0.39 is 0 Å². The monoisotopic (exact) mass is 138 g/mol. The highest BCUT2D eigenvalue weighted by Gasteiger charge is 2.20. The first-order valence-electron chi connectivity index (χ1n) is 3.93. The topological polar surface area (TPSA) is 35.8 Å². The molecule has 1 atom stereocenters. The predicted octanol–water partition coefficient (Wildman–Crippen LogP) is 1.15. The number of hydrogen-bond donors (Lipinski definition) is 1. The van der Waals surface area contributed by atoms with Crippen molar-refractivity contribution in [3.8, 4) is 6.07 Å². The van der Waals surface area contributed by atoms with Crippen molar-refractivity contribution in [3.63, 3.8) is 0 Å². The minimum Gasteiger partial charge on any atom is -0.315 e. The molecule has 1 fully saturated rings. The molecule has 0 bridgehead atoms. The molecule has 0 aromatic heterocycles. The minimum absolute atomic E-state index is 0.166. The molecule has 56 valence electrons. The van der Waals surface area contributed by atoms with Gasteiger partial charge in [0.15, 0.2) is 0 Å². The summed E-state index contributed by atoms with van der Waals surface area (Å²) >= 11 is 0. The Hall–Kier alpha value is -0.550. The van der Waals surface area contributed by atoms with Crippen molar-refractivity contribution in [2.45, 2.75) is 19.8 Å². The van der Waals surface area contributed by atoms with E-state index in [1.807, 2.05) is 6.92 Å². The maximum absolute atomic E-state index is 8.43. The van der Waals surface area contributed by atoms with Crippen LogP contribution in [0.3, 0.4) is 0 Å². The van der Waals surface area contributed by atoms with E-state index in [1.54, 1.807) is 0 Å². The van der Waals surface area contributed by atoms with Crippen molar-refractivity contribution >= 4 is 0 Å². The number of hydrogen-bond acceptors (Lipinski definition) is 2. The van der Waals surface area contributed by atoms with Gasteiger partial charge in [-0.25, -0.2) is 0 Å². The Morgan fingerprint density at radius 2 is 2.40 bits per heavy atom. The molecule has 0 spiro atoms. The Labute approximate surface area is 62.2 Å². The maximum atomic E-state index is 8.43. The Morgan fingerprint density at radius 1 is 1.70 bits per heavy atom. The van der Waals surface area contributed by atoms with Crippen molar-refractivity contribution in [2.24, 2.45) is 11.8 Å². The second-order valence-corrected chi connectivity index (χ2v) is 3.13. The molecule has 2 nitrogen and oxygen atoms in total. The van der Waals surface area contributed by atoms with Crippen molar-refractivity contribution in [3.05, 3.63) is 0 Å². The predicted molar refractivity (Wildman–Crippen MR) is 40.4 cm³/mol. The summed E-state index contributed by atoms with van der Waals surface area (Å²) in [5, 5.41) is 11.7. The molecular weight excluding hydrogens is 124 g/mol. The number of nitriles is 1. The second-order valence-electron chi connectivity index (χ2n) is 3.13. The first-order chi connectivity index (χ1) is 4.83. The summed E-state index contributed by atoms with van der Waals surface area (Å²) in [5.41, 5.74) is 0. The highest BCUT2D eigenvalue weighted by molar-refractivity contribution is 4.82. The van der Waals surface area contributed by atoms with E-state index in [9.17, 15) is 0 Å². The Morgan fingerprint density at radius 3 is 2.90 bits per heavy atom. The van der Waals surface area contributed by atoms with Crippen molar-refractivity contribution in [1.82, 2.24) is 5.32 Å². The molecular formula is C8H14N2. The van der Waals surface area contributed by atoms with Crippen LogP contribution in [0.15, 0.2) is 0 Å². The molecule has 1 N–H and O–H groups in total. The highest BCUT2D eigenvalue weighted by atomic mass is 14.9. The Balaban J connectivity index is 1.89. The van der Waals surface area contributed by atoms with Crippen molar-refractivity contribution in [1.29, 1.82) is 5.26 Å². The van der Waals surface area contributed by atoms with Crippen molar-refractivity contribution < 1.29 is 0 Å². The highest BCUT2D eigenvalue weighted by Crippen LogP contribution is 2.27. The van der Waals surface area contributed by atoms with Crippen LogP contribution in [0, 0.1) is 23.2 Å². The summed E-state index contributed by atoms with van der Waals surface area (Å²) in [7, 11) is 0. The van der Waals surface area contributed by atoms with Gasteiger partial charge >= 0.3 is 0 Å². The third kappa shape index (κ3) is 2.84. The standard InChI is InChI=1S/C8H14N2/c1-7(4-9)5-10-6-8-2-3-8/h7-8,10H,2-3,5-6H2,1H3. The van der Waals surface area contributed by atoms with E-state index in [-0.39, 0.29) is 5.92 Å². The summed E-state index contributed by atoms with van der Waals surface area (Å²) in [6, 6.07) is 2.20. The molecule has 1 saturated carbocycles. The van der Waals surface area contributed by atoms with Crippen LogP contribution in [-0.4, -0.2) is 13.1 Å². The first-order valence-corrected chi connectivity index (χ1v) is 3.93. The molecule has 0 saturated heterocycles. The van der Waals surface area contributed by atoms with Gasteiger partial charge in [-0.15, -0.1) is 0 Å². The van der Waals surface area contributed by atoms with Crippen LogP contribution in [0.2, 0.25) is 0 Å². The van der Waals surface area contributed by atoms with Gasteiger partial charge in [-0.3, -0.25) is 0 Å². The Bertz CT molecular complexity index is 133. The number of nitrogens with one attached hydrogen (secondary N) is 1. The second kappa shape index (κ2) is 3.58. The van der Waals surface area contributed by atoms with Gasteiger partial charge in [0, 0.05) is 6.54 Å². The van der Waals surface area contributed by atoms with Crippen molar-refractivity contribution in [2.75, 3.05) is 13.1 Å². The fourth-order valence-electron chi connectivity index (χ4n) is 0.872. The zero-order valence-electron chi connectivity index (χ0n) is 6.43. The van der Waals surface area contributed by atoms with Crippen LogP contribution in [0.5, 0.6) is 0 Å². The lowest BCUT2D eigenvalue weighted by Gasteiger charge is -2.02. The van der Waals surface area contributed by atoms with E-state index in [2.05, 4.69) is 11.4 Å². The largest absolute Gasteiger partial charge is 0.315 e. The molecule has 0 aliphatic heterocycles. The Kier molecular flexibility index (Phi) is 2.70. The minimum atomic E-state index is 0.166. The van der Waals surface area contributed by atoms with Gasteiger partial charge in [0.1, 0.15) is 0 Å². The fraction of sp³-hybridized carbons (Fsp3) is 0.875. The molecule has 0 radical (unpaired) electrons. The van der Waals surface area contributed by atoms with Gasteiger partial charge in [0.05, 0.1) is 12.0 Å². The SMILES string of the molecule is CC(C#N)CNCC1CC1. The van der Waals surface area contributed by atoms with Crippen LogP contribution < -0.4 is 5.32 Å². The average Bonchev–Trinajstić information content (AvgIpc) is 2.71. The smallest absolute Gasteiger partial charge is 0.0666 e. The summed E-state index contributed by atoms with van der Waals surface area (Å²) < 4.78 is 0. The normalized spacial score (nSPS) is 20.0. The fourth-order valence-corrected chi connectivity index (χ4v) is 0.872. The van der Waals surface area contributed by atoms with Gasteiger partial charge in [0.25, 0.3) is 0 Å².